The Labute approximate surface area is 177 Å². The fourth-order valence-corrected chi connectivity index (χ4v) is 3.95. The molecule has 5 heteroatoms. The van der Waals surface area contributed by atoms with Crippen molar-refractivity contribution in [3.05, 3.63) is 71.9 Å². The number of rotatable bonds is 5. The van der Waals surface area contributed by atoms with Gasteiger partial charge in [0.2, 0.25) is 5.88 Å². The molecule has 0 bridgehead atoms. The van der Waals surface area contributed by atoms with Crippen LogP contribution >= 0.6 is 0 Å². The molecule has 4 rings (SSSR count). The van der Waals surface area contributed by atoms with E-state index in [0.29, 0.717) is 29.1 Å². The van der Waals surface area contributed by atoms with Gasteiger partial charge in [-0.3, -0.25) is 4.79 Å². The zero-order valence-electron chi connectivity index (χ0n) is 17.5. The zero-order valence-corrected chi connectivity index (χ0v) is 17.5. The van der Waals surface area contributed by atoms with Crippen LogP contribution in [0.3, 0.4) is 0 Å². The lowest BCUT2D eigenvalue weighted by atomic mass is 9.94. The smallest absolute Gasteiger partial charge is 0.253 e. The highest BCUT2D eigenvalue weighted by Crippen LogP contribution is 2.25. The van der Waals surface area contributed by atoms with Crippen LogP contribution in [0.2, 0.25) is 0 Å². The number of aryl methyl sites for hydroxylation is 1. The summed E-state index contributed by atoms with van der Waals surface area (Å²) in [5.74, 6) is 1.80. The molecule has 1 aliphatic carbocycles. The molecule has 154 valence electrons. The Bertz CT molecular complexity index is 1010. The van der Waals surface area contributed by atoms with Crippen LogP contribution in [0.4, 0.5) is 0 Å². The molecule has 0 N–H and O–H groups in total. The molecule has 1 fully saturated rings. The maximum atomic E-state index is 12.8. The van der Waals surface area contributed by atoms with Crippen LogP contribution in [0, 0.1) is 6.92 Å². The van der Waals surface area contributed by atoms with Crippen molar-refractivity contribution >= 4 is 5.91 Å². The first-order valence-electron chi connectivity index (χ1n) is 10.6. The number of benzene rings is 2. The molecule has 1 aliphatic rings. The van der Waals surface area contributed by atoms with E-state index in [2.05, 4.69) is 9.97 Å². The number of nitrogens with zero attached hydrogens (tertiary/aromatic N) is 3. The van der Waals surface area contributed by atoms with Gasteiger partial charge in [0, 0.05) is 36.5 Å². The minimum absolute atomic E-state index is 0.0669. The van der Waals surface area contributed by atoms with Gasteiger partial charge in [0.1, 0.15) is 5.75 Å². The number of amides is 1. The highest BCUT2D eigenvalue weighted by Gasteiger charge is 2.22. The van der Waals surface area contributed by atoms with Gasteiger partial charge in [-0.25, -0.2) is 4.98 Å². The Morgan fingerprint density at radius 1 is 1.03 bits per heavy atom. The van der Waals surface area contributed by atoms with Crippen LogP contribution in [-0.4, -0.2) is 33.9 Å². The second-order valence-electron chi connectivity index (χ2n) is 7.92. The van der Waals surface area contributed by atoms with Crippen LogP contribution in [0.1, 0.15) is 48.0 Å². The average Bonchev–Trinajstić information content (AvgIpc) is 2.79. The van der Waals surface area contributed by atoms with Gasteiger partial charge in [0.25, 0.3) is 5.91 Å². The van der Waals surface area contributed by atoms with Gasteiger partial charge in [0.15, 0.2) is 5.82 Å². The summed E-state index contributed by atoms with van der Waals surface area (Å²) >= 11 is 0. The molecular weight excluding hydrogens is 374 g/mol. The van der Waals surface area contributed by atoms with E-state index in [4.69, 9.17) is 4.74 Å². The molecule has 3 aromatic rings. The molecule has 0 radical (unpaired) electrons. The van der Waals surface area contributed by atoms with Crippen LogP contribution in [0.25, 0.3) is 11.4 Å². The molecule has 30 heavy (non-hydrogen) atoms. The first kappa shape index (κ1) is 20.1. The quantitative estimate of drug-likeness (QED) is 0.554. The van der Waals surface area contributed by atoms with Crippen molar-refractivity contribution in [2.75, 3.05) is 7.05 Å². The molecule has 0 aliphatic heterocycles. The number of ether oxygens (including phenoxy) is 1. The molecule has 0 unspecified atom stereocenters. The third-order valence-corrected chi connectivity index (χ3v) is 5.67. The third kappa shape index (κ3) is 4.67. The van der Waals surface area contributed by atoms with Crippen molar-refractivity contribution in [3.8, 4) is 23.0 Å². The number of aromatic nitrogens is 2. The summed E-state index contributed by atoms with van der Waals surface area (Å²) in [7, 11) is 1.91. The normalized spacial score (nSPS) is 14.3. The second-order valence-corrected chi connectivity index (χ2v) is 7.92. The summed E-state index contributed by atoms with van der Waals surface area (Å²) in [6, 6.07) is 17.4. The van der Waals surface area contributed by atoms with E-state index < -0.39 is 0 Å². The maximum absolute atomic E-state index is 12.8. The summed E-state index contributed by atoms with van der Waals surface area (Å²) in [6.07, 6.45) is 7.58. The lowest BCUT2D eigenvalue weighted by molar-refractivity contribution is 0.0696. The molecule has 0 saturated heterocycles. The highest BCUT2D eigenvalue weighted by atomic mass is 16.5. The van der Waals surface area contributed by atoms with Crippen LogP contribution < -0.4 is 4.74 Å². The molecule has 0 atom stereocenters. The molecule has 1 heterocycles. The Morgan fingerprint density at radius 2 is 1.80 bits per heavy atom. The predicted molar refractivity (Wildman–Crippen MR) is 118 cm³/mol. The predicted octanol–water partition coefficient (Wildman–Crippen LogP) is 5.65. The fourth-order valence-electron chi connectivity index (χ4n) is 3.95. The Hall–Kier alpha value is -3.21. The summed E-state index contributed by atoms with van der Waals surface area (Å²) in [6.45, 7) is 2.04. The number of hydrogen-bond acceptors (Lipinski definition) is 4. The van der Waals surface area contributed by atoms with Crippen LogP contribution in [-0.2, 0) is 0 Å². The van der Waals surface area contributed by atoms with Crippen LogP contribution in [0.15, 0.2) is 60.8 Å². The molecule has 5 nitrogen and oxygen atoms in total. The lowest BCUT2D eigenvalue weighted by Gasteiger charge is -2.31. The van der Waals surface area contributed by atoms with Crippen molar-refractivity contribution < 1.29 is 9.53 Å². The van der Waals surface area contributed by atoms with Crippen molar-refractivity contribution in [2.24, 2.45) is 0 Å². The van der Waals surface area contributed by atoms with E-state index >= 15 is 0 Å². The molecule has 2 aromatic carbocycles. The average molecular weight is 402 g/mol. The molecular formula is C25H27N3O2. The van der Waals surface area contributed by atoms with E-state index in [9.17, 15) is 4.79 Å². The first-order chi connectivity index (χ1) is 14.6. The summed E-state index contributed by atoms with van der Waals surface area (Å²) in [5, 5.41) is 0. The van der Waals surface area contributed by atoms with Crippen molar-refractivity contribution in [2.45, 2.75) is 45.1 Å². The van der Waals surface area contributed by atoms with Gasteiger partial charge in [0.05, 0.1) is 0 Å². The van der Waals surface area contributed by atoms with Gasteiger partial charge in [-0.15, -0.1) is 0 Å². The van der Waals surface area contributed by atoms with Gasteiger partial charge < -0.3 is 9.64 Å². The van der Waals surface area contributed by atoms with Crippen molar-refractivity contribution in [1.29, 1.82) is 0 Å². The number of hydrogen-bond donors (Lipinski definition) is 0. The monoisotopic (exact) mass is 401 g/mol. The van der Waals surface area contributed by atoms with E-state index in [0.717, 1.165) is 24.0 Å². The van der Waals surface area contributed by atoms with Gasteiger partial charge in [-0.05, 0) is 50.1 Å². The number of carbonyl (C=O) groups is 1. The molecule has 1 amide bonds. The molecule has 0 spiro atoms. The van der Waals surface area contributed by atoms with Gasteiger partial charge in [-0.1, -0.05) is 43.0 Å². The Morgan fingerprint density at radius 3 is 2.53 bits per heavy atom. The zero-order chi connectivity index (χ0) is 20.9. The summed E-state index contributed by atoms with van der Waals surface area (Å²) in [4.78, 5) is 23.6. The Balaban J connectivity index is 1.45. The minimum Gasteiger partial charge on any atom is -0.439 e. The fraction of sp³-hybridized carbons (Fsp3) is 0.320. The highest BCUT2D eigenvalue weighted by molar-refractivity contribution is 5.94. The van der Waals surface area contributed by atoms with Crippen LogP contribution in [0.5, 0.6) is 11.6 Å². The molecule has 1 aromatic heterocycles. The van der Waals surface area contributed by atoms with Crippen molar-refractivity contribution in [3.63, 3.8) is 0 Å². The van der Waals surface area contributed by atoms with E-state index in [1.165, 1.54) is 19.3 Å². The molecule has 1 saturated carbocycles. The SMILES string of the molecule is Cc1cccc(-c2nccc(Oc3ccc(C(=O)N(C)C4CCCCC4)cc3)n2)c1. The van der Waals surface area contributed by atoms with Crippen molar-refractivity contribution in [1.82, 2.24) is 14.9 Å². The Kier molecular flexibility index (Phi) is 6.07. The largest absolute Gasteiger partial charge is 0.439 e. The first-order valence-corrected chi connectivity index (χ1v) is 10.6. The van der Waals surface area contributed by atoms with E-state index in [1.54, 1.807) is 12.3 Å². The van der Waals surface area contributed by atoms with E-state index in [1.807, 2.05) is 67.4 Å². The summed E-state index contributed by atoms with van der Waals surface area (Å²) < 4.78 is 5.91. The third-order valence-electron chi connectivity index (χ3n) is 5.67. The minimum atomic E-state index is 0.0669. The lowest BCUT2D eigenvalue weighted by Crippen LogP contribution is -2.38. The maximum Gasteiger partial charge on any atom is 0.253 e. The second kappa shape index (κ2) is 9.08. The number of carbonyl (C=O) groups excluding carboxylic acids is 1. The van der Waals surface area contributed by atoms with Gasteiger partial charge >= 0.3 is 0 Å². The van der Waals surface area contributed by atoms with Gasteiger partial charge in [-0.2, -0.15) is 4.98 Å². The van der Waals surface area contributed by atoms with E-state index in [-0.39, 0.29) is 5.91 Å². The topological polar surface area (TPSA) is 55.3 Å². The standard InChI is InChI=1S/C25H27N3O2/c1-18-7-6-8-20(17-18)24-26-16-15-23(27-24)30-22-13-11-19(12-14-22)25(29)28(2)21-9-4-3-5-10-21/h6-8,11-17,21H,3-5,9-10H2,1-2H3. The summed E-state index contributed by atoms with van der Waals surface area (Å²) in [5.41, 5.74) is 2.78.